The Morgan fingerprint density at radius 3 is 1.56 bits per heavy atom. The Bertz CT molecular complexity index is 2700. The summed E-state index contributed by atoms with van der Waals surface area (Å²) in [6.45, 7) is 26.3. The third-order valence-corrected chi connectivity index (χ3v) is 12.0. The van der Waals surface area contributed by atoms with E-state index in [0.29, 0.717) is 16.7 Å². The zero-order chi connectivity index (χ0) is 65.0. The van der Waals surface area contributed by atoms with Crippen molar-refractivity contribution in [3.63, 3.8) is 0 Å². The first-order chi connectivity index (χ1) is 39.7. The van der Waals surface area contributed by atoms with E-state index in [0.717, 1.165) is 5.56 Å². The molecule has 26 nitrogen and oxygen atoms in total. The van der Waals surface area contributed by atoms with Gasteiger partial charge in [0.05, 0.1) is 0 Å². The quantitative estimate of drug-likeness (QED) is 0.0579. The van der Waals surface area contributed by atoms with Crippen molar-refractivity contribution in [3.05, 3.63) is 53.1 Å². The summed E-state index contributed by atoms with van der Waals surface area (Å²) in [6.07, 6.45) is -3.91. The van der Waals surface area contributed by atoms with Crippen LogP contribution in [0.5, 0.6) is 5.75 Å². The predicted molar refractivity (Wildman–Crippen MR) is 320 cm³/mol. The molecule has 4 bridgehead atoms. The van der Waals surface area contributed by atoms with Crippen LogP contribution in [-0.2, 0) is 60.5 Å². The average molecular weight is 1210 g/mol. The molecular formula is C60H94N10O16. The summed E-state index contributed by atoms with van der Waals surface area (Å²) in [6, 6.07) is 3.46. The molecule has 0 fully saturated rings. The lowest BCUT2D eigenvalue weighted by Crippen LogP contribution is -2.59. The fourth-order valence-electron chi connectivity index (χ4n) is 8.23. The van der Waals surface area contributed by atoms with Crippen LogP contribution in [0.4, 0.5) is 24.0 Å². The minimum atomic E-state index is -1.46. The molecule has 480 valence electrons. The monoisotopic (exact) mass is 1210 g/mol. The molecule has 3 rings (SSSR count). The Balaban J connectivity index is 1.96. The number of rotatable bonds is 20. The highest BCUT2D eigenvalue weighted by atomic mass is 16.6. The number of carbonyl (C=O) groups is 10. The highest BCUT2D eigenvalue weighted by Gasteiger charge is 2.34. The van der Waals surface area contributed by atoms with Crippen LogP contribution in [0.3, 0.4) is 0 Å². The molecule has 1 aliphatic heterocycles. The first-order valence-electron chi connectivity index (χ1n) is 28.9. The second kappa shape index (κ2) is 31.9. The summed E-state index contributed by atoms with van der Waals surface area (Å²) in [5.74, 6) is -3.96. The van der Waals surface area contributed by atoms with Gasteiger partial charge in [0, 0.05) is 45.6 Å². The fraction of sp³-hybridized carbons (Fsp3) is 0.633. The molecule has 5 atom stereocenters. The number of hydrogen-bond donors (Lipinski definition) is 11. The van der Waals surface area contributed by atoms with Crippen LogP contribution in [0, 0.1) is 6.92 Å². The van der Waals surface area contributed by atoms with Crippen LogP contribution in [0.1, 0.15) is 153 Å². The number of amides is 10. The van der Waals surface area contributed by atoms with Gasteiger partial charge in [0.15, 0.2) is 0 Å². The number of nitrogens with one attached hydrogen (secondary N) is 10. The van der Waals surface area contributed by atoms with Crippen LogP contribution in [0.2, 0.25) is 0 Å². The van der Waals surface area contributed by atoms with Crippen LogP contribution in [-0.4, -0.2) is 156 Å². The van der Waals surface area contributed by atoms with Crippen LogP contribution in [0.15, 0.2) is 36.4 Å². The summed E-state index contributed by atoms with van der Waals surface area (Å²) in [4.78, 5) is 135. The summed E-state index contributed by atoms with van der Waals surface area (Å²) in [5.41, 5.74) is -1.50. The third kappa shape index (κ3) is 28.7. The average Bonchev–Trinajstić information content (AvgIpc) is 2.22. The molecule has 11 N–H and O–H groups in total. The molecule has 0 saturated carbocycles. The third-order valence-electron chi connectivity index (χ3n) is 12.0. The van der Waals surface area contributed by atoms with Gasteiger partial charge in [-0.25, -0.2) is 24.0 Å². The molecule has 1 heterocycles. The molecule has 1 aliphatic rings. The summed E-state index contributed by atoms with van der Waals surface area (Å²) in [5, 5.41) is 37.6. The van der Waals surface area contributed by atoms with Crippen LogP contribution < -0.4 is 53.2 Å². The molecule has 0 radical (unpaired) electrons. The van der Waals surface area contributed by atoms with Crippen LogP contribution >= 0.6 is 0 Å². The van der Waals surface area contributed by atoms with E-state index in [1.807, 2.05) is 25.1 Å². The minimum Gasteiger partial charge on any atom is -0.508 e. The second-order valence-electron chi connectivity index (χ2n) is 25.9. The number of alkyl carbamates (subject to hydrolysis) is 5. The molecule has 2 aromatic carbocycles. The van der Waals surface area contributed by atoms with Gasteiger partial charge in [-0.3, -0.25) is 24.0 Å². The van der Waals surface area contributed by atoms with E-state index in [1.54, 1.807) is 116 Å². The van der Waals surface area contributed by atoms with Gasteiger partial charge in [-0.1, -0.05) is 24.3 Å². The Morgan fingerprint density at radius 1 is 0.523 bits per heavy atom. The number of benzene rings is 2. The molecule has 0 saturated heterocycles. The maximum Gasteiger partial charge on any atom is 0.408 e. The van der Waals surface area contributed by atoms with Gasteiger partial charge in [-0.05, 0) is 183 Å². The highest BCUT2D eigenvalue weighted by Crippen LogP contribution is 2.30. The number of unbranched alkanes of at least 4 members (excludes halogenated alkanes) is 1. The maximum absolute atomic E-state index is 14.7. The van der Waals surface area contributed by atoms with Crippen molar-refractivity contribution < 1.29 is 76.7 Å². The summed E-state index contributed by atoms with van der Waals surface area (Å²) in [7, 11) is 0. The van der Waals surface area contributed by atoms with Gasteiger partial charge in [0.2, 0.25) is 29.5 Å². The smallest absolute Gasteiger partial charge is 0.408 e. The Kier molecular flexibility index (Phi) is 26.8. The molecule has 0 aliphatic carbocycles. The number of fused-ring (bicyclic) bond motifs is 5. The minimum absolute atomic E-state index is 0.000194. The molecule has 86 heavy (non-hydrogen) atoms. The van der Waals surface area contributed by atoms with Crippen molar-refractivity contribution >= 4 is 60.0 Å². The van der Waals surface area contributed by atoms with Crippen molar-refractivity contribution in [1.29, 1.82) is 0 Å². The van der Waals surface area contributed by atoms with Crippen molar-refractivity contribution in [2.45, 2.75) is 214 Å². The number of carbonyl (C=O) groups excluding carboxylic acids is 10. The van der Waals surface area contributed by atoms with E-state index in [4.69, 9.17) is 23.7 Å². The van der Waals surface area contributed by atoms with Crippen molar-refractivity contribution in [2.24, 2.45) is 0 Å². The van der Waals surface area contributed by atoms with Gasteiger partial charge < -0.3 is 82.0 Å². The zero-order valence-corrected chi connectivity index (χ0v) is 52.9. The first kappa shape index (κ1) is 72.2. The maximum atomic E-state index is 14.7. The standard InChI is InChI=1S/C60H94N10O16/c1-35-22-23-36-30-38(35)32-42(67-49(75)41(21-19-27-63-51(77)82-56(2,3)4)66-50(76)43(69-54(80)85-59(11,12)13)33-39-31-37(36)24-25-45(39)71)47(73)65-34-44(70-55(81)86-60(14,15)16)48(74)61-26-18-17-20-40(68-53(79)84-58(8,9)10)46(72)62-28-29-64-52(78)83-57(5,6)7/h22-25,30-31,40-44,71H,17-21,26-29,32-34H2,1-16H3,(H,61,74)(H,62,72)(H,63,77)(H,64,78)(H,65,73)(H,66,76)(H,67,75)(H,68,79)(H,69,80)(H,70,81)/t40-,41-,42-,43-,44-/m0/s1. The van der Waals surface area contributed by atoms with Gasteiger partial charge in [0.25, 0.3) is 0 Å². The normalized spacial score (nSPS) is 16.5. The molecule has 0 unspecified atom stereocenters. The van der Waals surface area contributed by atoms with E-state index in [-0.39, 0.29) is 82.4 Å². The Morgan fingerprint density at radius 2 is 0.988 bits per heavy atom. The summed E-state index contributed by atoms with van der Waals surface area (Å²) < 4.78 is 26.9. The second-order valence-corrected chi connectivity index (χ2v) is 25.9. The van der Waals surface area contributed by atoms with Gasteiger partial charge in [-0.2, -0.15) is 0 Å². The van der Waals surface area contributed by atoms with Crippen molar-refractivity contribution in [2.75, 3.05) is 32.7 Å². The largest absolute Gasteiger partial charge is 0.508 e. The van der Waals surface area contributed by atoms with E-state index in [2.05, 4.69) is 53.2 Å². The van der Waals surface area contributed by atoms with E-state index < -0.39 is 125 Å². The molecule has 26 heteroatoms. The molecular weight excluding hydrogens is 1120 g/mol. The van der Waals surface area contributed by atoms with E-state index in [1.165, 1.54) is 6.07 Å². The molecule has 2 aromatic rings. The fourth-order valence-corrected chi connectivity index (χ4v) is 8.23. The molecule has 10 amide bonds. The van der Waals surface area contributed by atoms with Gasteiger partial charge >= 0.3 is 30.5 Å². The molecule has 0 spiro atoms. The Labute approximate surface area is 504 Å². The van der Waals surface area contributed by atoms with Crippen LogP contribution in [0.25, 0.3) is 11.1 Å². The number of ether oxygens (including phenoxy) is 5. The lowest BCUT2D eigenvalue weighted by atomic mass is 9.93. The van der Waals surface area contributed by atoms with Gasteiger partial charge in [0.1, 0.15) is 64.0 Å². The zero-order valence-electron chi connectivity index (χ0n) is 52.9. The topological polar surface area (TPSA) is 357 Å². The Hall–Kier alpha value is -8.06. The van der Waals surface area contributed by atoms with E-state index >= 15 is 0 Å². The lowest BCUT2D eigenvalue weighted by molar-refractivity contribution is -0.133. The number of phenols is 1. The number of hydrogen-bond acceptors (Lipinski definition) is 16. The van der Waals surface area contributed by atoms with Gasteiger partial charge in [-0.15, -0.1) is 0 Å². The highest BCUT2D eigenvalue weighted by molar-refractivity contribution is 5.95. The predicted octanol–water partition coefficient (Wildman–Crippen LogP) is 5.46. The number of aromatic hydroxyl groups is 1. The van der Waals surface area contributed by atoms with Crippen molar-refractivity contribution in [3.8, 4) is 16.9 Å². The van der Waals surface area contributed by atoms with Crippen molar-refractivity contribution in [1.82, 2.24) is 53.2 Å². The lowest BCUT2D eigenvalue weighted by Gasteiger charge is -2.27. The SMILES string of the molecule is Cc1ccc2cc1C[C@@H](C(=O)NC[C@H](NC(=O)OC(C)(C)C)C(=O)NCCCC[C@H](NC(=O)OC(C)(C)C)C(=O)NCCNC(=O)OC(C)(C)C)NC(=O)[C@H](CCCNC(=O)OC(C)(C)C)NC(=O)[C@@H](NC(=O)OC(C)(C)C)Cc1cc-2ccc1O. The van der Waals surface area contributed by atoms with E-state index in [9.17, 15) is 53.1 Å². The number of phenolic OH excluding ortho intramolecular Hbond substituents is 1. The molecule has 0 aromatic heterocycles. The first-order valence-corrected chi connectivity index (χ1v) is 28.9. The summed E-state index contributed by atoms with van der Waals surface area (Å²) >= 11 is 0. The number of aryl methyl sites for hydroxylation is 1.